The van der Waals surface area contributed by atoms with Crippen molar-refractivity contribution in [3.8, 4) is 0 Å². The SMILES string of the molecule is COC(=O)c1cccc(CC=C(C)C)c1S(=O)CC[Si](C)(C)C. The molecular formula is C18H28O3SSi. The third-order valence-corrected chi connectivity index (χ3v) is 7.12. The number of benzene rings is 1. The molecule has 5 heteroatoms. The molecule has 1 atom stereocenters. The molecule has 1 rings (SSSR count). The highest BCUT2D eigenvalue weighted by atomic mass is 32.2. The number of methoxy groups -OCH3 is 1. The van der Waals surface area contributed by atoms with E-state index in [0.29, 0.717) is 22.6 Å². The van der Waals surface area contributed by atoms with Crippen molar-refractivity contribution in [3.05, 3.63) is 41.0 Å². The van der Waals surface area contributed by atoms with Gasteiger partial charge in [0.1, 0.15) is 0 Å². The van der Waals surface area contributed by atoms with Crippen molar-refractivity contribution in [1.29, 1.82) is 0 Å². The van der Waals surface area contributed by atoms with Gasteiger partial charge in [-0.15, -0.1) is 0 Å². The molecule has 1 aromatic carbocycles. The molecule has 0 N–H and O–H groups in total. The van der Waals surface area contributed by atoms with E-state index in [1.54, 1.807) is 6.07 Å². The van der Waals surface area contributed by atoms with Crippen LogP contribution in [0.2, 0.25) is 25.7 Å². The molecule has 0 aliphatic heterocycles. The summed E-state index contributed by atoms with van der Waals surface area (Å²) < 4.78 is 17.8. The molecule has 1 aromatic rings. The Morgan fingerprint density at radius 1 is 1.26 bits per heavy atom. The first-order valence-corrected chi connectivity index (χ1v) is 12.9. The molecule has 128 valence electrons. The van der Waals surface area contributed by atoms with Crippen LogP contribution >= 0.6 is 0 Å². The first-order valence-electron chi connectivity index (χ1n) is 7.87. The molecule has 3 nitrogen and oxygen atoms in total. The van der Waals surface area contributed by atoms with Crippen molar-refractivity contribution in [2.75, 3.05) is 12.9 Å². The van der Waals surface area contributed by atoms with Crippen LogP contribution in [0.1, 0.15) is 29.8 Å². The highest BCUT2D eigenvalue weighted by Crippen LogP contribution is 2.23. The van der Waals surface area contributed by atoms with Gasteiger partial charge in [0.2, 0.25) is 0 Å². The van der Waals surface area contributed by atoms with Gasteiger partial charge in [-0.3, -0.25) is 4.21 Å². The highest BCUT2D eigenvalue weighted by Gasteiger charge is 2.22. The van der Waals surface area contributed by atoms with E-state index in [4.69, 9.17) is 4.74 Å². The van der Waals surface area contributed by atoms with Crippen molar-refractivity contribution in [2.24, 2.45) is 0 Å². The third-order valence-electron chi connectivity index (χ3n) is 3.50. The Kier molecular flexibility index (Phi) is 7.41. The Bertz CT molecular complexity index is 611. The van der Waals surface area contributed by atoms with E-state index >= 15 is 0 Å². The number of carbonyl (C=O) groups is 1. The average molecular weight is 353 g/mol. The van der Waals surface area contributed by atoms with Crippen molar-refractivity contribution >= 4 is 24.8 Å². The van der Waals surface area contributed by atoms with Crippen molar-refractivity contribution in [1.82, 2.24) is 0 Å². The summed E-state index contributed by atoms with van der Waals surface area (Å²) in [6.45, 7) is 10.9. The van der Waals surface area contributed by atoms with E-state index in [1.165, 1.54) is 12.7 Å². The first kappa shape index (κ1) is 19.8. The van der Waals surface area contributed by atoms with Gasteiger partial charge in [0, 0.05) is 13.8 Å². The van der Waals surface area contributed by atoms with E-state index in [0.717, 1.165) is 11.6 Å². The van der Waals surface area contributed by atoms with E-state index in [-0.39, 0.29) is 0 Å². The van der Waals surface area contributed by atoms with Crippen LogP contribution in [0, 0.1) is 0 Å². The summed E-state index contributed by atoms with van der Waals surface area (Å²) in [5.41, 5.74) is 2.58. The van der Waals surface area contributed by atoms with Crippen LogP contribution < -0.4 is 0 Å². The summed E-state index contributed by atoms with van der Waals surface area (Å²) in [6, 6.07) is 6.46. The first-order chi connectivity index (χ1) is 10.7. The maximum atomic E-state index is 12.9. The van der Waals surface area contributed by atoms with Crippen LogP contribution in [0.4, 0.5) is 0 Å². The predicted molar refractivity (Wildman–Crippen MR) is 100 cm³/mol. The predicted octanol–water partition coefficient (Wildman–Crippen LogP) is 4.43. The molecule has 1 unspecified atom stereocenters. The Morgan fingerprint density at radius 2 is 1.91 bits per heavy atom. The van der Waals surface area contributed by atoms with Gasteiger partial charge in [-0.1, -0.05) is 43.4 Å². The lowest BCUT2D eigenvalue weighted by Crippen LogP contribution is -2.23. The Hall–Kier alpha value is -1.20. The largest absolute Gasteiger partial charge is 0.465 e. The molecule has 0 heterocycles. The van der Waals surface area contributed by atoms with E-state index in [1.807, 2.05) is 26.0 Å². The zero-order valence-corrected chi connectivity index (χ0v) is 16.9. The minimum absolute atomic E-state index is 0.416. The molecule has 0 saturated carbocycles. The second kappa shape index (κ2) is 8.59. The summed E-state index contributed by atoms with van der Waals surface area (Å²) in [6.07, 6.45) is 2.77. The summed E-state index contributed by atoms with van der Waals surface area (Å²) >= 11 is 0. The topological polar surface area (TPSA) is 43.4 Å². The lowest BCUT2D eigenvalue weighted by Gasteiger charge is -2.17. The molecule has 0 spiro atoms. The molecule has 0 radical (unpaired) electrons. The number of hydrogen-bond acceptors (Lipinski definition) is 3. The molecule has 23 heavy (non-hydrogen) atoms. The summed E-state index contributed by atoms with van der Waals surface area (Å²) in [7, 11) is -1.10. The van der Waals surface area contributed by atoms with E-state index in [9.17, 15) is 9.00 Å². The van der Waals surface area contributed by atoms with E-state index < -0.39 is 24.8 Å². The van der Waals surface area contributed by atoms with Gasteiger partial charge in [0.25, 0.3) is 0 Å². The fraction of sp³-hybridized carbons (Fsp3) is 0.500. The third kappa shape index (κ3) is 6.43. The number of rotatable bonds is 7. The molecule has 0 saturated heterocycles. The average Bonchev–Trinajstić information content (AvgIpc) is 2.48. The van der Waals surface area contributed by atoms with Crippen LogP contribution in [0.25, 0.3) is 0 Å². The fourth-order valence-electron chi connectivity index (χ4n) is 2.10. The van der Waals surface area contributed by atoms with Crippen LogP contribution in [0.15, 0.2) is 34.7 Å². The Balaban J connectivity index is 3.24. The fourth-order valence-corrected chi connectivity index (χ4v) is 6.34. The second-order valence-electron chi connectivity index (χ2n) is 7.13. The lowest BCUT2D eigenvalue weighted by atomic mass is 10.1. The lowest BCUT2D eigenvalue weighted by molar-refractivity contribution is 0.0596. The minimum atomic E-state index is -1.28. The van der Waals surface area contributed by atoms with Crippen molar-refractivity contribution in [3.63, 3.8) is 0 Å². The molecule has 0 fully saturated rings. The van der Waals surface area contributed by atoms with Gasteiger partial charge in [0.05, 0.1) is 28.4 Å². The van der Waals surface area contributed by atoms with Crippen LogP contribution in [-0.2, 0) is 22.0 Å². The van der Waals surface area contributed by atoms with Crippen molar-refractivity contribution < 1.29 is 13.7 Å². The monoisotopic (exact) mass is 352 g/mol. The maximum absolute atomic E-state index is 12.9. The quantitative estimate of drug-likeness (QED) is 0.414. The molecular weight excluding hydrogens is 324 g/mol. The van der Waals surface area contributed by atoms with Crippen LogP contribution in [-0.4, -0.2) is 31.1 Å². The van der Waals surface area contributed by atoms with Gasteiger partial charge < -0.3 is 4.74 Å². The van der Waals surface area contributed by atoms with Gasteiger partial charge >= 0.3 is 5.97 Å². The second-order valence-corrected chi connectivity index (χ2v) is 14.3. The maximum Gasteiger partial charge on any atom is 0.339 e. The zero-order valence-electron chi connectivity index (χ0n) is 15.1. The van der Waals surface area contributed by atoms with Crippen molar-refractivity contribution in [2.45, 2.75) is 50.8 Å². The highest BCUT2D eigenvalue weighted by molar-refractivity contribution is 7.85. The van der Waals surface area contributed by atoms with E-state index in [2.05, 4.69) is 25.7 Å². The molecule has 0 aliphatic carbocycles. The molecule has 0 amide bonds. The molecule has 0 bridgehead atoms. The van der Waals surface area contributed by atoms with Crippen LogP contribution in [0.5, 0.6) is 0 Å². The van der Waals surface area contributed by atoms with Gasteiger partial charge in [-0.25, -0.2) is 4.79 Å². The molecule has 0 aliphatic rings. The summed E-state index contributed by atoms with van der Waals surface area (Å²) in [5, 5.41) is 0. The Labute approximate surface area is 143 Å². The smallest absolute Gasteiger partial charge is 0.339 e. The number of hydrogen-bond donors (Lipinski definition) is 0. The zero-order chi connectivity index (χ0) is 17.6. The van der Waals surface area contributed by atoms with Crippen LogP contribution in [0.3, 0.4) is 0 Å². The summed E-state index contributed by atoms with van der Waals surface area (Å²) in [4.78, 5) is 12.7. The minimum Gasteiger partial charge on any atom is -0.465 e. The number of esters is 1. The van der Waals surface area contributed by atoms with Gasteiger partial charge in [0.15, 0.2) is 0 Å². The Morgan fingerprint density at radius 3 is 2.43 bits per heavy atom. The number of allylic oxidation sites excluding steroid dienone is 2. The standard InChI is InChI=1S/C18H28O3SSi/c1-14(2)10-11-15-8-7-9-16(18(19)21-3)17(15)22(20)12-13-23(4,5)6/h7-10H,11-13H2,1-6H3. The van der Waals surface area contributed by atoms with Gasteiger partial charge in [-0.2, -0.15) is 0 Å². The number of carbonyl (C=O) groups excluding carboxylic acids is 1. The normalized spacial score (nSPS) is 12.6. The molecule has 0 aromatic heterocycles. The summed E-state index contributed by atoms with van der Waals surface area (Å²) in [5.74, 6) is 0.186. The van der Waals surface area contributed by atoms with Gasteiger partial charge in [-0.05, 0) is 37.9 Å². The number of ether oxygens (including phenoxy) is 1.